The second kappa shape index (κ2) is 11.7. The molecule has 0 saturated carbocycles. The van der Waals surface area contributed by atoms with E-state index in [1.54, 1.807) is 0 Å². The summed E-state index contributed by atoms with van der Waals surface area (Å²) in [5.41, 5.74) is 3.76. The third kappa shape index (κ3) is 6.64. The molecule has 0 atom stereocenters. The van der Waals surface area contributed by atoms with Crippen molar-refractivity contribution < 1.29 is 51.4 Å². The predicted molar refractivity (Wildman–Crippen MR) is 151 cm³/mol. The summed E-state index contributed by atoms with van der Waals surface area (Å²) >= 11 is 0. The van der Waals surface area contributed by atoms with E-state index in [0.717, 1.165) is 0 Å². The monoisotopic (exact) mass is 495 g/mol. The van der Waals surface area contributed by atoms with Gasteiger partial charge in [-0.2, -0.15) is 54.7 Å². The molecule has 0 aliphatic carbocycles. The van der Waals surface area contributed by atoms with Crippen molar-refractivity contribution in [1.29, 1.82) is 0 Å². The van der Waals surface area contributed by atoms with Gasteiger partial charge in [-0.3, -0.25) is 0 Å². The smallest absolute Gasteiger partial charge is 0.314 e. The molecule has 1 heteroatoms. The average molecular weight is 496 g/mol. The van der Waals surface area contributed by atoms with Gasteiger partial charge in [0.1, 0.15) is 0 Å². The Morgan fingerprint density at radius 1 is 0.588 bits per heavy atom. The number of aryl methyl sites for hydroxylation is 2. The minimum absolute atomic E-state index is 0. The van der Waals surface area contributed by atoms with Crippen molar-refractivity contribution in [2.45, 2.75) is 132 Å². The Hall–Kier alpha value is 0.856. The van der Waals surface area contributed by atoms with Crippen LogP contribution in [0.2, 0.25) is 0 Å². The van der Waals surface area contributed by atoms with Gasteiger partial charge in [-0.15, -0.1) is 0 Å². The molecule has 0 aromatic heterocycles. The fourth-order valence-corrected chi connectivity index (χ4v) is 5.42. The summed E-state index contributed by atoms with van der Waals surface area (Å²) in [7, 11) is 0. The third-order valence-electron chi connectivity index (χ3n) is 12.0. The number of benzene rings is 1. The van der Waals surface area contributed by atoms with Crippen molar-refractivity contribution in [2.75, 3.05) is 0 Å². The van der Waals surface area contributed by atoms with Gasteiger partial charge in [0.15, 0.2) is 0 Å². The zero-order chi connectivity index (χ0) is 27.1. The normalized spacial score (nSPS) is 14.4. The molecule has 194 valence electrons. The van der Waals surface area contributed by atoms with E-state index in [9.17, 15) is 0 Å². The van der Waals surface area contributed by atoms with Crippen LogP contribution in [0.4, 0.5) is 0 Å². The Morgan fingerprint density at radius 3 is 1.21 bits per heavy atom. The molecule has 1 aromatic carbocycles. The van der Waals surface area contributed by atoms with E-state index in [1.165, 1.54) is 17.0 Å². The van der Waals surface area contributed by atoms with Crippen LogP contribution in [-0.4, -0.2) is 0 Å². The second-order valence-corrected chi connectivity index (χ2v) is 15.0. The zero-order valence-electron chi connectivity index (χ0n) is 27.2. The predicted octanol–water partition coefficient (Wildman–Crippen LogP) is 7.91. The van der Waals surface area contributed by atoms with Crippen LogP contribution in [0.25, 0.3) is 0 Å². The van der Waals surface area contributed by atoms with Crippen LogP contribution < -0.4 is 51.4 Å². The van der Waals surface area contributed by atoms with E-state index in [1.807, 2.05) is 19.1 Å². The van der Waals surface area contributed by atoms with E-state index in [2.05, 4.69) is 137 Å². The minimum Gasteiger partial charge on any atom is -0.314 e. The van der Waals surface area contributed by atoms with Crippen LogP contribution in [0.3, 0.4) is 0 Å². The standard InChI is InChI=1S/C25H51.C8H9.K/c1-18(2)20(6,7)22(10,11)24(14,15)25(16,17)23(12,13)21(8,9)19(3,4)5;1-7-4-3-5-8(2)6-7;/h1-17H3;3-4,6H,1-2H3;/q2*-1;+1. The van der Waals surface area contributed by atoms with Crippen molar-refractivity contribution in [2.24, 2.45) is 37.9 Å². The van der Waals surface area contributed by atoms with Gasteiger partial charge in [-0.1, -0.05) is 123 Å². The first kappa shape index (κ1) is 37.0. The minimum atomic E-state index is 0. The molecule has 0 spiro atoms. The summed E-state index contributed by atoms with van der Waals surface area (Å²) in [4.78, 5) is 0. The van der Waals surface area contributed by atoms with Gasteiger partial charge in [-0.25, -0.2) is 0 Å². The fourth-order valence-electron chi connectivity index (χ4n) is 5.42. The Bertz CT molecular complexity index is 747. The average Bonchev–Trinajstić information content (AvgIpc) is 2.60. The molecule has 1 rings (SSSR count). The number of hydrogen-bond donors (Lipinski definition) is 0. The van der Waals surface area contributed by atoms with Gasteiger partial charge in [0.25, 0.3) is 0 Å². The maximum Gasteiger partial charge on any atom is 1.00 e. The largest absolute Gasteiger partial charge is 1.00 e. The molecule has 0 amide bonds. The first-order chi connectivity index (χ1) is 14.2. The van der Waals surface area contributed by atoms with E-state index >= 15 is 0 Å². The first-order valence-electron chi connectivity index (χ1n) is 13.0. The van der Waals surface area contributed by atoms with Crippen molar-refractivity contribution in [1.82, 2.24) is 0 Å². The van der Waals surface area contributed by atoms with E-state index in [0.29, 0.717) is 0 Å². The zero-order valence-corrected chi connectivity index (χ0v) is 30.4. The van der Waals surface area contributed by atoms with E-state index in [-0.39, 0.29) is 89.3 Å². The van der Waals surface area contributed by atoms with Gasteiger partial charge < -0.3 is 5.92 Å². The van der Waals surface area contributed by atoms with Crippen LogP contribution >= 0.6 is 0 Å². The van der Waals surface area contributed by atoms with Gasteiger partial charge in [0, 0.05) is 0 Å². The molecule has 1 aromatic rings. The summed E-state index contributed by atoms with van der Waals surface area (Å²) in [6, 6.07) is 9.18. The Kier molecular flexibility index (Phi) is 12.8. The van der Waals surface area contributed by atoms with Crippen LogP contribution in [0.1, 0.15) is 129 Å². The van der Waals surface area contributed by atoms with Crippen molar-refractivity contribution in [3.05, 3.63) is 41.3 Å². The molecule has 0 bridgehead atoms. The number of hydrogen-bond acceptors (Lipinski definition) is 0. The molecule has 34 heavy (non-hydrogen) atoms. The second-order valence-electron chi connectivity index (χ2n) is 15.0. The van der Waals surface area contributed by atoms with E-state index < -0.39 is 0 Å². The van der Waals surface area contributed by atoms with E-state index in [4.69, 9.17) is 0 Å². The molecule has 0 radical (unpaired) electrons. The molecule has 0 unspecified atom stereocenters. The summed E-state index contributed by atoms with van der Waals surface area (Å²) in [6.45, 7) is 45.8. The van der Waals surface area contributed by atoms with Gasteiger partial charge in [0.2, 0.25) is 0 Å². The molecule has 0 heterocycles. The Labute approximate surface area is 259 Å². The summed E-state index contributed by atoms with van der Waals surface area (Å²) < 4.78 is 0. The number of rotatable bonds is 6. The van der Waals surface area contributed by atoms with Crippen LogP contribution in [-0.2, 0) is 0 Å². The maximum atomic E-state index is 3.07. The third-order valence-corrected chi connectivity index (χ3v) is 12.0. The van der Waals surface area contributed by atoms with Crippen LogP contribution in [0, 0.1) is 63.7 Å². The summed E-state index contributed by atoms with van der Waals surface area (Å²) in [5.74, 6) is 1.52. The molecular weight excluding hydrogens is 435 g/mol. The van der Waals surface area contributed by atoms with Crippen molar-refractivity contribution in [3.8, 4) is 0 Å². The molecule has 0 nitrogen and oxygen atoms in total. The quantitative estimate of drug-likeness (QED) is 0.278. The first-order valence-corrected chi connectivity index (χ1v) is 13.0. The van der Waals surface area contributed by atoms with Gasteiger partial charge >= 0.3 is 51.4 Å². The molecule has 0 aliphatic rings. The topological polar surface area (TPSA) is 0 Å². The van der Waals surface area contributed by atoms with Gasteiger partial charge in [-0.05, 0) is 27.1 Å². The molecular formula is C33H60K-. The summed E-state index contributed by atoms with van der Waals surface area (Å²) in [5, 5.41) is 0. The van der Waals surface area contributed by atoms with Gasteiger partial charge in [0.05, 0.1) is 0 Å². The molecule has 0 N–H and O–H groups in total. The molecule has 0 fully saturated rings. The van der Waals surface area contributed by atoms with Crippen molar-refractivity contribution in [3.63, 3.8) is 0 Å². The maximum absolute atomic E-state index is 3.07. The van der Waals surface area contributed by atoms with Crippen LogP contribution in [0.15, 0.2) is 18.2 Å². The Morgan fingerprint density at radius 2 is 0.941 bits per heavy atom. The summed E-state index contributed by atoms with van der Waals surface area (Å²) in [6.07, 6.45) is 0. The Balaban J connectivity index is 0. The van der Waals surface area contributed by atoms with Crippen molar-refractivity contribution >= 4 is 0 Å². The SMILES string of the molecule is C[C-](C)C(C)(C)C(C)(C)C(C)(C)C(C)(C)C(C)(C)C(C)(C)C(C)(C)C.Cc1[c-]ccc(C)c1.[K+]. The molecule has 0 saturated heterocycles. The fraction of sp³-hybridized carbons (Fsp3) is 0.788. The molecule has 0 aliphatic heterocycles. The van der Waals surface area contributed by atoms with Crippen LogP contribution in [0.5, 0.6) is 0 Å².